The molecular formula is C31H37ClF3N7O4. The number of aromatic nitrogens is 3. The van der Waals surface area contributed by atoms with Crippen molar-refractivity contribution in [1.29, 1.82) is 0 Å². The predicted molar refractivity (Wildman–Crippen MR) is 165 cm³/mol. The minimum Gasteiger partial charge on any atom is -0.444 e. The lowest BCUT2D eigenvalue weighted by molar-refractivity contribution is -0.190. The van der Waals surface area contributed by atoms with Crippen molar-refractivity contribution in [3.05, 3.63) is 52.9 Å². The second-order valence-electron chi connectivity index (χ2n) is 12.7. The minimum atomic E-state index is -4.75. The van der Waals surface area contributed by atoms with Gasteiger partial charge in [0.15, 0.2) is 16.8 Å². The van der Waals surface area contributed by atoms with Crippen LogP contribution in [0.5, 0.6) is 0 Å². The fourth-order valence-electron chi connectivity index (χ4n) is 5.98. The van der Waals surface area contributed by atoms with Crippen LogP contribution in [-0.2, 0) is 20.7 Å². The monoisotopic (exact) mass is 663 g/mol. The maximum absolute atomic E-state index is 14.5. The molecule has 0 saturated carbocycles. The summed E-state index contributed by atoms with van der Waals surface area (Å²) in [7, 11) is 2.56. The molecule has 1 unspecified atom stereocenters. The summed E-state index contributed by atoms with van der Waals surface area (Å²) in [5.41, 5.74) is 2.18. The molecular weight excluding hydrogens is 627 g/mol. The van der Waals surface area contributed by atoms with E-state index in [1.165, 1.54) is 24.1 Å². The van der Waals surface area contributed by atoms with E-state index in [-0.39, 0.29) is 31.6 Å². The van der Waals surface area contributed by atoms with Gasteiger partial charge >= 0.3 is 12.3 Å². The van der Waals surface area contributed by atoms with E-state index in [0.29, 0.717) is 23.0 Å². The molecule has 3 amide bonds. The van der Waals surface area contributed by atoms with Crippen LogP contribution in [0.15, 0.2) is 36.5 Å². The van der Waals surface area contributed by atoms with E-state index >= 15 is 0 Å². The maximum atomic E-state index is 14.5. The minimum absolute atomic E-state index is 0.0369. The first-order chi connectivity index (χ1) is 21.5. The summed E-state index contributed by atoms with van der Waals surface area (Å²) in [5.74, 6) is -1.94. The van der Waals surface area contributed by atoms with Crippen molar-refractivity contribution >= 4 is 46.5 Å². The summed E-state index contributed by atoms with van der Waals surface area (Å²) in [6, 6.07) is 5.48. The Morgan fingerprint density at radius 2 is 1.80 bits per heavy atom. The molecule has 1 saturated heterocycles. The molecule has 15 heteroatoms. The molecule has 248 valence electrons. The normalized spacial score (nSPS) is 17.5. The third-order valence-electron chi connectivity index (χ3n) is 8.15. The third-order valence-corrected chi connectivity index (χ3v) is 8.34. The molecule has 46 heavy (non-hydrogen) atoms. The molecule has 1 fully saturated rings. The number of carbonyl (C=O) groups excluding carboxylic acids is 3. The van der Waals surface area contributed by atoms with Crippen molar-refractivity contribution in [2.45, 2.75) is 57.9 Å². The Balaban J connectivity index is 1.28. The number of hydrogen-bond donors (Lipinski definition) is 0. The van der Waals surface area contributed by atoms with Crippen molar-refractivity contribution < 1.29 is 32.3 Å². The van der Waals surface area contributed by atoms with Gasteiger partial charge in [0.05, 0.1) is 23.5 Å². The van der Waals surface area contributed by atoms with Gasteiger partial charge in [-0.15, -0.1) is 0 Å². The Hall–Kier alpha value is -4.07. The van der Waals surface area contributed by atoms with Gasteiger partial charge in [-0.05, 0) is 57.7 Å². The highest BCUT2D eigenvalue weighted by Gasteiger charge is 2.47. The number of fused-ring (bicyclic) bond motifs is 3. The molecule has 2 atom stereocenters. The van der Waals surface area contributed by atoms with Crippen LogP contribution in [-0.4, -0.2) is 99.3 Å². The number of benzene rings is 1. The zero-order valence-electron chi connectivity index (χ0n) is 26.3. The first-order valence-electron chi connectivity index (χ1n) is 15.0. The van der Waals surface area contributed by atoms with E-state index in [4.69, 9.17) is 16.3 Å². The standard InChI is InChI=1S/C31H37ClF3N7O4/c1-30(2,3)46-29(45)38(4)18-26(43)40-14-12-20(17-40)28(44)39(5)27(31(33,34)35)19-8-10-21(11-9-19)41-13-6-7-22-23(41)16-36-25-15-24(32)37-42(22)25/h8-11,15-16,20,27H,6-7,12-14,17-18H2,1-5H3/t20?,27-/m0/s1. The van der Waals surface area contributed by atoms with Crippen molar-refractivity contribution in [1.82, 2.24) is 29.3 Å². The molecule has 11 nitrogen and oxygen atoms in total. The lowest BCUT2D eigenvalue weighted by Crippen LogP contribution is -2.44. The number of carbonyl (C=O) groups is 3. The smallest absolute Gasteiger partial charge is 0.413 e. The van der Waals surface area contributed by atoms with Crippen molar-refractivity contribution in [3.63, 3.8) is 0 Å². The lowest BCUT2D eigenvalue weighted by Gasteiger charge is -2.33. The highest BCUT2D eigenvalue weighted by molar-refractivity contribution is 6.29. The number of rotatable bonds is 6. The highest BCUT2D eigenvalue weighted by atomic mass is 35.5. The van der Waals surface area contributed by atoms with Crippen LogP contribution in [0.4, 0.5) is 29.3 Å². The number of nitrogens with zero attached hydrogens (tertiary/aromatic N) is 7. The molecule has 1 aromatic carbocycles. The summed E-state index contributed by atoms with van der Waals surface area (Å²) in [5, 5.41) is 4.64. The average Bonchev–Trinajstić information content (AvgIpc) is 3.62. The van der Waals surface area contributed by atoms with Crippen molar-refractivity contribution in [2.24, 2.45) is 5.92 Å². The van der Waals surface area contributed by atoms with E-state index in [0.717, 1.165) is 41.1 Å². The molecule has 2 aliphatic heterocycles. The van der Waals surface area contributed by atoms with Gasteiger partial charge in [-0.25, -0.2) is 14.3 Å². The number of alkyl halides is 3. The van der Waals surface area contributed by atoms with E-state index in [9.17, 15) is 27.6 Å². The van der Waals surface area contributed by atoms with E-state index in [2.05, 4.69) is 10.1 Å². The molecule has 0 spiro atoms. The highest BCUT2D eigenvalue weighted by Crippen LogP contribution is 2.40. The number of hydrogen-bond acceptors (Lipinski definition) is 7. The van der Waals surface area contributed by atoms with Gasteiger partial charge in [0.25, 0.3) is 0 Å². The topological polar surface area (TPSA) is 104 Å². The second kappa shape index (κ2) is 12.6. The second-order valence-corrected chi connectivity index (χ2v) is 13.1. The number of halogens is 4. The van der Waals surface area contributed by atoms with Gasteiger partial charge in [-0.2, -0.15) is 18.3 Å². The molecule has 3 aromatic rings. The number of anilines is 2. The fourth-order valence-corrected chi connectivity index (χ4v) is 6.15. The third kappa shape index (κ3) is 7.01. The van der Waals surface area contributed by atoms with Gasteiger partial charge in [-0.1, -0.05) is 23.7 Å². The van der Waals surface area contributed by atoms with Gasteiger partial charge in [0.1, 0.15) is 12.1 Å². The van der Waals surface area contributed by atoms with Crippen LogP contribution < -0.4 is 4.90 Å². The largest absolute Gasteiger partial charge is 0.444 e. The molecule has 5 rings (SSSR count). The SMILES string of the molecule is CN(CC(=O)N1CCC(C(=O)N(C)[C@@H](c2ccc(N3CCCc4c3cnc3cc(Cl)nn43)cc2)C(F)(F)F)C1)C(=O)OC(C)(C)C. The number of aryl methyl sites for hydroxylation is 1. The summed E-state index contributed by atoms with van der Waals surface area (Å²) >= 11 is 6.08. The van der Waals surface area contributed by atoms with Crippen LogP contribution in [0, 0.1) is 5.92 Å². The Bertz CT molecular complexity index is 1620. The molecule has 0 aliphatic carbocycles. The van der Waals surface area contributed by atoms with Gasteiger partial charge in [0, 0.05) is 45.5 Å². The number of ether oxygens (including phenoxy) is 1. The van der Waals surface area contributed by atoms with E-state index in [1.807, 2.05) is 4.90 Å². The Morgan fingerprint density at radius 3 is 2.46 bits per heavy atom. The first-order valence-corrected chi connectivity index (χ1v) is 15.4. The number of likely N-dealkylation sites (N-methyl/N-ethyl adjacent to an activating group) is 1. The predicted octanol–water partition coefficient (Wildman–Crippen LogP) is 5.24. The lowest BCUT2D eigenvalue weighted by atomic mass is 10.0. The zero-order chi connectivity index (χ0) is 33.6. The van der Waals surface area contributed by atoms with Gasteiger partial charge in [0.2, 0.25) is 11.8 Å². The molecule has 2 aromatic heterocycles. The Morgan fingerprint density at radius 1 is 1.11 bits per heavy atom. The fraction of sp³-hybridized carbons (Fsp3) is 0.516. The number of amides is 3. The zero-order valence-corrected chi connectivity index (χ0v) is 27.1. The van der Waals surface area contributed by atoms with E-state index < -0.39 is 41.6 Å². The van der Waals surface area contributed by atoms with E-state index in [1.54, 1.807) is 49.7 Å². The van der Waals surface area contributed by atoms with Crippen LogP contribution in [0.1, 0.15) is 50.9 Å². The average molecular weight is 664 g/mol. The molecule has 0 radical (unpaired) electrons. The van der Waals surface area contributed by atoms with Crippen molar-refractivity contribution in [3.8, 4) is 0 Å². The summed E-state index contributed by atoms with van der Waals surface area (Å²) < 4.78 is 50.5. The van der Waals surface area contributed by atoms with Crippen LogP contribution in [0.2, 0.25) is 5.15 Å². The van der Waals surface area contributed by atoms with Gasteiger partial charge < -0.3 is 24.3 Å². The quantitative estimate of drug-likeness (QED) is 0.355. The summed E-state index contributed by atoms with van der Waals surface area (Å²) in [4.78, 5) is 48.1. The summed E-state index contributed by atoms with van der Waals surface area (Å²) in [6.07, 6.45) is -1.95. The van der Waals surface area contributed by atoms with Crippen LogP contribution in [0.25, 0.3) is 5.65 Å². The van der Waals surface area contributed by atoms with Crippen LogP contribution >= 0.6 is 11.6 Å². The van der Waals surface area contributed by atoms with Gasteiger partial charge in [-0.3, -0.25) is 9.59 Å². The summed E-state index contributed by atoms with van der Waals surface area (Å²) in [6.45, 7) is 5.64. The molecule has 4 heterocycles. The molecule has 0 bridgehead atoms. The molecule has 2 aliphatic rings. The number of likely N-dealkylation sites (tertiary alicyclic amines) is 1. The molecule has 0 N–H and O–H groups in total. The maximum Gasteiger partial charge on any atom is 0.413 e. The Kier molecular flexibility index (Phi) is 9.13. The van der Waals surface area contributed by atoms with Crippen molar-refractivity contribution in [2.75, 3.05) is 45.2 Å². The Labute approximate surface area is 269 Å². The van der Waals surface area contributed by atoms with Crippen LogP contribution in [0.3, 0.4) is 0 Å². The first kappa shape index (κ1) is 33.3.